The molecule has 29 heavy (non-hydrogen) atoms. The van der Waals surface area contributed by atoms with Gasteiger partial charge in [-0.3, -0.25) is 4.79 Å². The summed E-state index contributed by atoms with van der Waals surface area (Å²) in [4.78, 5) is 17.4. The summed E-state index contributed by atoms with van der Waals surface area (Å²) in [5.41, 5.74) is 5.90. The molecule has 0 spiro atoms. The molecular formula is C24H22N4O. The molecule has 0 aliphatic heterocycles. The fourth-order valence-corrected chi connectivity index (χ4v) is 3.13. The van der Waals surface area contributed by atoms with Crippen molar-refractivity contribution in [1.82, 2.24) is 14.8 Å². The van der Waals surface area contributed by atoms with Crippen molar-refractivity contribution in [2.45, 2.75) is 20.8 Å². The Kier molecular flexibility index (Phi) is 4.96. The molecule has 4 rings (SSSR count). The average molecular weight is 382 g/mol. The van der Waals surface area contributed by atoms with E-state index in [2.05, 4.69) is 15.4 Å². The maximum absolute atomic E-state index is 12.9. The molecular weight excluding hydrogens is 360 g/mol. The minimum Gasteiger partial charge on any atom is -0.319 e. The van der Waals surface area contributed by atoms with E-state index < -0.39 is 0 Å². The summed E-state index contributed by atoms with van der Waals surface area (Å²) in [6, 6.07) is 23.5. The number of rotatable bonds is 4. The van der Waals surface area contributed by atoms with E-state index in [9.17, 15) is 4.79 Å². The largest absolute Gasteiger partial charge is 0.319 e. The molecule has 0 saturated heterocycles. The highest BCUT2D eigenvalue weighted by molar-refractivity contribution is 6.01. The predicted octanol–water partition coefficient (Wildman–Crippen LogP) is 5.11. The molecule has 0 atom stereocenters. The van der Waals surface area contributed by atoms with Gasteiger partial charge in [-0.15, -0.1) is 5.10 Å². The van der Waals surface area contributed by atoms with E-state index in [0.717, 1.165) is 28.1 Å². The van der Waals surface area contributed by atoms with Crippen LogP contribution in [0.25, 0.3) is 17.1 Å². The molecule has 0 radical (unpaired) electrons. The van der Waals surface area contributed by atoms with Crippen molar-refractivity contribution in [2.75, 3.05) is 5.32 Å². The Morgan fingerprint density at radius 2 is 1.66 bits per heavy atom. The molecule has 144 valence electrons. The summed E-state index contributed by atoms with van der Waals surface area (Å²) in [5, 5.41) is 7.42. The van der Waals surface area contributed by atoms with Gasteiger partial charge in [0.05, 0.1) is 5.69 Å². The molecule has 5 nitrogen and oxygen atoms in total. The van der Waals surface area contributed by atoms with Gasteiger partial charge < -0.3 is 5.32 Å². The Morgan fingerprint density at radius 1 is 0.862 bits per heavy atom. The van der Waals surface area contributed by atoms with Gasteiger partial charge in [0.1, 0.15) is 0 Å². The van der Waals surface area contributed by atoms with E-state index in [-0.39, 0.29) is 11.7 Å². The molecule has 1 aromatic heterocycles. The summed E-state index contributed by atoms with van der Waals surface area (Å²) in [6.45, 7) is 6.08. The molecule has 4 aromatic rings. The Labute approximate surface area is 170 Å². The molecule has 0 unspecified atom stereocenters. The maximum atomic E-state index is 12.9. The van der Waals surface area contributed by atoms with Gasteiger partial charge in [-0.25, -0.2) is 9.67 Å². The normalized spacial score (nSPS) is 10.7. The van der Waals surface area contributed by atoms with E-state index in [4.69, 9.17) is 0 Å². The van der Waals surface area contributed by atoms with Crippen LogP contribution in [0.5, 0.6) is 0 Å². The van der Waals surface area contributed by atoms with Crippen molar-refractivity contribution in [1.29, 1.82) is 0 Å². The number of carbonyl (C=O) groups is 1. The second kappa shape index (κ2) is 7.72. The second-order valence-corrected chi connectivity index (χ2v) is 7.13. The SMILES string of the molecule is Cc1cccc(-c2nc(C(=O)Nc3ccc(C)c(C)c3)nn2-c2ccccc2)c1. The van der Waals surface area contributed by atoms with Crippen LogP contribution < -0.4 is 5.32 Å². The van der Waals surface area contributed by atoms with Crippen molar-refractivity contribution in [3.8, 4) is 17.1 Å². The van der Waals surface area contributed by atoms with E-state index in [0.29, 0.717) is 5.82 Å². The molecule has 0 saturated carbocycles. The Hall–Kier alpha value is -3.73. The number of hydrogen-bond donors (Lipinski definition) is 1. The Balaban J connectivity index is 1.74. The lowest BCUT2D eigenvalue weighted by atomic mass is 10.1. The third-order valence-electron chi connectivity index (χ3n) is 4.85. The molecule has 3 aromatic carbocycles. The minimum absolute atomic E-state index is 0.128. The number of nitrogens with zero attached hydrogens (tertiary/aromatic N) is 3. The molecule has 1 N–H and O–H groups in total. The highest BCUT2D eigenvalue weighted by Crippen LogP contribution is 2.23. The van der Waals surface area contributed by atoms with Crippen LogP contribution >= 0.6 is 0 Å². The van der Waals surface area contributed by atoms with Crippen LogP contribution in [-0.2, 0) is 0 Å². The molecule has 0 fully saturated rings. The Bertz CT molecular complexity index is 1180. The van der Waals surface area contributed by atoms with Crippen molar-refractivity contribution in [3.63, 3.8) is 0 Å². The van der Waals surface area contributed by atoms with Crippen LogP contribution in [0, 0.1) is 20.8 Å². The van der Waals surface area contributed by atoms with Crippen LogP contribution in [0.15, 0.2) is 72.8 Å². The van der Waals surface area contributed by atoms with Crippen LogP contribution in [-0.4, -0.2) is 20.7 Å². The van der Waals surface area contributed by atoms with Crippen LogP contribution in [0.3, 0.4) is 0 Å². The van der Waals surface area contributed by atoms with E-state index in [1.807, 2.05) is 93.6 Å². The molecule has 0 bridgehead atoms. The number of anilines is 1. The number of carbonyl (C=O) groups excluding carboxylic acids is 1. The quantitative estimate of drug-likeness (QED) is 0.533. The van der Waals surface area contributed by atoms with Gasteiger partial charge in [0, 0.05) is 11.3 Å². The lowest BCUT2D eigenvalue weighted by Crippen LogP contribution is -2.14. The predicted molar refractivity (Wildman–Crippen MR) is 115 cm³/mol. The molecule has 0 aliphatic carbocycles. The zero-order valence-corrected chi connectivity index (χ0v) is 16.7. The monoisotopic (exact) mass is 382 g/mol. The minimum atomic E-state index is -0.336. The molecule has 0 aliphatic rings. The van der Waals surface area contributed by atoms with Crippen molar-refractivity contribution >= 4 is 11.6 Å². The van der Waals surface area contributed by atoms with Gasteiger partial charge in [0.15, 0.2) is 5.82 Å². The molecule has 1 amide bonds. The third kappa shape index (κ3) is 3.94. The topological polar surface area (TPSA) is 59.8 Å². The van der Waals surface area contributed by atoms with E-state index >= 15 is 0 Å². The Morgan fingerprint density at radius 3 is 2.38 bits per heavy atom. The van der Waals surface area contributed by atoms with Crippen LogP contribution in [0.4, 0.5) is 5.69 Å². The number of nitrogens with one attached hydrogen (secondary N) is 1. The van der Waals surface area contributed by atoms with Gasteiger partial charge in [0.25, 0.3) is 5.91 Å². The maximum Gasteiger partial charge on any atom is 0.295 e. The number of aromatic nitrogens is 3. The lowest BCUT2D eigenvalue weighted by molar-refractivity contribution is 0.101. The standard InChI is InChI=1S/C24H22N4O/c1-16-8-7-9-19(14-16)23-26-22(27-28(23)21-10-5-4-6-11-21)24(29)25-20-13-12-17(2)18(3)15-20/h4-15H,1-3H3,(H,25,29). The number of amides is 1. The van der Waals surface area contributed by atoms with Crippen LogP contribution in [0.2, 0.25) is 0 Å². The van der Waals surface area contributed by atoms with Gasteiger partial charge in [0.2, 0.25) is 5.82 Å². The first-order chi connectivity index (χ1) is 14.0. The number of para-hydroxylation sites is 1. The summed E-state index contributed by atoms with van der Waals surface area (Å²) in [7, 11) is 0. The van der Waals surface area contributed by atoms with Crippen molar-refractivity contribution in [2.24, 2.45) is 0 Å². The third-order valence-corrected chi connectivity index (χ3v) is 4.85. The average Bonchev–Trinajstić information content (AvgIpc) is 3.17. The second-order valence-electron chi connectivity index (χ2n) is 7.13. The summed E-state index contributed by atoms with van der Waals surface area (Å²) < 4.78 is 1.71. The highest BCUT2D eigenvalue weighted by Gasteiger charge is 2.19. The fourth-order valence-electron chi connectivity index (χ4n) is 3.13. The smallest absolute Gasteiger partial charge is 0.295 e. The van der Waals surface area contributed by atoms with Crippen molar-refractivity contribution < 1.29 is 4.79 Å². The number of benzene rings is 3. The summed E-state index contributed by atoms with van der Waals surface area (Å²) in [5.74, 6) is 0.422. The fraction of sp³-hybridized carbons (Fsp3) is 0.125. The molecule has 5 heteroatoms. The summed E-state index contributed by atoms with van der Waals surface area (Å²) >= 11 is 0. The van der Waals surface area contributed by atoms with Gasteiger partial charge in [-0.1, -0.05) is 48.0 Å². The van der Waals surface area contributed by atoms with Crippen molar-refractivity contribution in [3.05, 3.63) is 95.3 Å². The van der Waals surface area contributed by atoms with E-state index in [1.54, 1.807) is 4.68 Å². The first-order valence-electron chi connectivity index (χ1n) is 9.49. The van der Waals surface area contributed by atoms with Crippen LogP contribution in [0.1, 0.15) is 27.3 Å². The zero-order chi connectivity index (χ0) is 20.4. The van der Waals surface area contributed by atoms with E-state index in [1.165, 1.54) is 5.56 Å². The molecule has 1 heterocycles. The first kappa shape index (κ1) is 18.6. The lowest BCUT2D eigenvalue weighted by Gasteiger charge is -2.06. The summed E-state index contributed by atoms with van der Waals surface area (Å²) in [6.07, 6.45) is 0. The van der Waals surface area contributed by atoms with Gasteiger partial charge >= 0.3 is 0 Å². The van der Waals surface area contributed by atoms with Gasteiger partial charge in [-0.2, -0.15) is 0 Å². The highest BCUT2D eigenvalue weighted by atomic mass is 16.2. The number of aryl methyl sites for hydroxylation is 3. The number of hydrogen-bond acceptors (Lipinski definition) is 3. The zero-order valence-electron chi connectivity index (χ0n) is 16.7. The first-order valence-corrected chi connectivity index (χ1v) is 9.49. The van der Waals surface area contributed by atoms with Gasteiger partial charge in [-0.05, 0) is 62.2 Å².